The Labute approximate surface area is 163 Å². The van der Waals surface area contributed by atoms with Crippen molar-refractivity contribution in [2.75, 3.05) is 6.61 Å². The molecule has 0 spiro atoms. The van der Waals surface area contributed by atoms with E-state index in [0.29, 0.717) is 34.7 Å². The number of azo groups is 1. The molecule has 0 aliphatic rings. The zero-order valence-electron chi connectivity index (χ0n) is 15.8. The number of hydrogen-bond acceptors (Lipinski definition) is 5. The van der Waals surface area contributed by atoms with Gasteiger partial charge in [0.1, 0.15) is 0 Å². The fourth-order valence-corrected chi connectivity index (χ4v) is 2.65. The lowest BCUT2D eigenvalue weighted by atomic mass is 10.00. The lowest BCUT2D eigenvalue weighted by Crippen LogP contribution is -2.03. The lowest BCUT2D eigenvalue weighted by molar-refractivity contribution is 0.0526. The number of rotatable bonds is 6. The molecule has 0 unspecified atom stereocenters. The van der Waals surface area contributed by atoms with Crippen LogP contribution in [0.25, 0.3) is 0 Å². The first-order chi connectivity index (χ1) is 13.6. The van der Waals surface area contributed by atoms with Gasteiger partial charge in [-0.05, 0) is 50.2 Å². The quantitative estimate of drug-likeness (QED) is 0.311. The molecule has 0 saturated heterocycles. The summed E-state index contributed by atoms with van der Waals surface area (Å²) in [5.74, 6) is -0.476. The van der Waals surface area contributed by atoms with Crippen LogP contribution in [-0.4, -0.2) is 18.4 Å². The second-order valence-electron chi connectivity index (χ2n) is 6.18. The first-order valence-corrected chi connectivity index (χ1v) is 8.98. The van der Waals surface area contributed by atoms with Gasteiger partial charge in [-0.25, -0.2) is 4.79 Å². The summed E-state index contributed by atoms with van der Waals surface area (Å²) >= 11 is 0. The predicted octanol–water partition coefficient (Wildman–Crippen LogP) is 5.82. The minimum atomic E-state index is -0.375. The molecule has 5 nitrogen and oxygen atoms in total. The standard InChI is InChI=1S/C23H20N2O3/c1-3-28-23(27)18-10-12-19(13-11-18)24-25-21-14-9-16(2)15-20(21)22(26)17-7-5-4-6-8-17/h4-15H,3H2,1-2H3. The van der Waals surface area contributed by atoms with Crippen molar-refractivity contribution >= 4 is 23.1 Å². The first-order valence-electron chi connectivity index (χ1n) is 8.98. The van der Waals surface area contributed by atoms with Gasteiger partial charge in [-0.1, -0.05) is 42.0 Å². The summed E-state index contributed by atoms with van der Waals surface area (Å²) in [6.45, 7) is 4.01. The van der Waals surface area contributed by atoms with Crippen LogP contribution >= 0.6 is 0 Å². The Bertz CT molecular complexity index is 1010. The maximum absolute atomic E-state index is 12.9. The molecule has 0 N–H and O–H groups in total. The van der Waals surface area contributed by atoms with Gasteiger partial charge in [-0.3, -0.25) is 4.79 Å². The number of ether oxygens (including phenoxy) is 1. The van der Waals surface area contributed by atoms with E-state index in [1.165, 1.54) is 0 Å². The summed E-state index contributed by atoms with van der Waals surface area (Å²) in [6, 6.07) is 21.2. The van der Waals surface area contributed by atoms with E-state index < -0.39 is 0 Å². The van der Waals surface area contributed by atoms with E-state index >= 15 is 0 Å². The Morgan fingerprint density at radius 3 is 2.25 bits per heavy atom. The zero-order chi connectivity index (χ0) is 19.9. The fraction of sp³-hybridized carbons (Fsp3) is 0.130. The highest BCUT2D eigenvalue weighted by Gasteiger charge is 2.14. The second kappa shape index (κ2) is 8.86. The van der Waals surface area contributed by atoms with Crippen LogP contribution in [0.15, 0.2) is 83.0 Å². The van der Waals surface area contributed by atoms with Crippen LogP contribution in [-0.2, 0) is 4.74 Å². The normalized spacial score (nSPS) is 10.8. The van der Waals surface area contributed by atoms with Crippen LogP contribution in [0.4, 0.5) is 11.4 Å². The summed E-state index contributed by atoms with van der Waals surface area (Å²) in [5.41, 5.74) is 3.59. The first kappa shape index (κ1) is 19.2. The van der Waals surface area contributed by atoms with Gasteiger partial charge in [0.05, 0.1) is 29.1 Å². The molecule has 3 rings (SSSR count). The number of ketones is 1. The Hall–Kier alpha value is -3.60. The summed E-state index contributed by atoms with van der Waals surface area (Å²) in [4.78, 5) is 24.6. The van der Waals surface area contributed by atoms with E-state index in [2.05, 4.69) is 10.2 Å². The van der Waals surface area contributed by atoms with E-state index in [4.69, 9.17) is 4.74 Å². The number of carbonyl (C=O) groups excluding carboxylic acids is 2. The molecule has 0 bridgehead atoms. The molecule has 28 heavy (non-hydrogen) atoms. The molecule has 0 aromatic heterocycles. The molecule has 0 aliphatic carbocycles. The third-order valence-corrected chi connectivity index (χ3v) is 4.08. The van der Waals surface area contributed by atoms with Crippen LogP contribution in [0.1, 0.15) is 38.8 Å². The van der Waals surface area contributed by atoms with Crippen molar-refractivity contribution in [2.45, 2.75) is 13.8 Å². The van der Waals surface area contributed by atoms with Gasteiger partial charge >= 0.3 is 5.97 Å². The van der Waals surface area contributed by atoms with Crippen molar-refractivity contribution in [1.82, 2.24) is 0 Å². The molecule has 3 aromatic rings. The summed E-state index contributed by atoms with van der Waals surface area (Å²) in [6.07, 6.45) is 0. The van der Waals surface area contributed by atoms with Crippen LogP contribution in [0.3, 0.4) is 0 Å². The van der Waals surface area contributed by atoms with Gasteiger partial charge in [0.25, 0.3) is 0 Å². The highest BCUT2D eigenvalue weighted by atomic mass is 16.5. The number of nitrogens with zero attached hydrogens (tertiary/aromatic N) is 2. The van der Waals surface area contributed by atoms with Crippen molar-refractivity contribution in [3.63, 3.8) is 0 Å². The highest BCUT2D eigenvalue weighted by molar-refractivity contribution is 6.12. The molecule has 0 fully saturated rings. The van der Waals surface area contributed by atoms with Crippen LogP contribution in [0.5, 0.6) is 0 Å². The maximum Gasteiger partial charge on any atom is 0.338 e. The Kier molecular flexibility index (Phi) is 6.07. The SMILES string of the molecule is CCOC(=O)c1ccc(N=Nc2ccc(C)cc2C(=O)c2ccccc2)cc1. The topological polar surface area (TPSA) is 68.1 Å². The average molecular weight is 372 g/mol. The van der Waals surface area contributed by atoms with Crippen molar-refractivity contribution in [2.24, 2.45) is 10.2 Å². The van der Waals surface area contributed by atoms with Crippen molar-refractivity contribution in [3.8, 4) is 0 Å². The van der Waals surface area contributed by atoms with Gasteiger partial charge in [0, 0.05) is 5.56 Å². The molecule has 0 saturated carbocycles. The number of aryl methyl sites for hydroxylation is 1. The summed E-state index contributed by atoms with van der Waals surface area (Å²) < 4.78 is 4.96. The summed E-state index contributed by atoms with van der Waals surface area (Å²) in [5, 5.41) is 8.47. The predicted molar refractivity (Wildman–Crippen MR) is 108 cm³/mol. The van der Waals surface area contributed by atoms with Gasteiger partial charge < -0.3 is 4.74 Å². The van der Waals surface area contributed by atoms with E-state index in [-0.39, 0.29) is 11.8 Å². The van der Waals surface area contributed by atoms with E-state index in [0.717, 1.165) is 5.56 Å². The number of benzene rings is 3. The van der Waals surface area contributed by atoms with Crippen molar-refractivity contribution in [3.05, 3.63) is 95.1 Å². The second-order valence-corrected chi connectivity index (χ2v) is 6.18. The number of carbonyl (C=O) groups is 2. The average Bonchev–Trinajstić information content (AvgIpc) is 2.73. The van der Waals surface area contributed by atoms with Crippen molar-refractivity contribution in [1.29, 1.82) is 0 Å². The molecule has 0 heterocycles. The Morgan fingerprint density at radius 2 is 1.57 bits per heavy atom. The van der Waals surface area contributed by atoms with Crippen molar-refractivity contribution < 1.29 is 14.3 Å². The largest absolute Gasteiger partial charge is 0.462 e. The smallest absolute Gasteiger partial charge is 0.338 e. The Morgan fingerprint density at radius 1 is 0.857 bits per heavy atom. The highest BCUT2D eigenvalue weighted by Crippen LogP contribution is 2.26. The Balaban J connectivity index is 1.86. The van der Waals surface area contributed by atoms with E-state index in [1.807, 2.05) is 37.3 Å². The van der Waals surface area contributed by atoms with Crippen LogP contribution in [0.2, 0.25) is 0 Å². The van der Waals surface area contributed by atoms with Crippen LogP contribution in [0, 0.1) is 6.92 Å². The fourth-order valence-electron chi connectivity index (χ4n) is 2.65. The summed E-state index contributed by atoms with van der Waals surface area (Å²) in [7, 11) is 0. The minimum absolute atomic E-state index is 0.101. The van der Waals surface area contributed by atoms with Crippen LogP contribution < -0.4 is 0 Å². The lowest BCUT2D eigenvalue weighted by Gasteiger charge is -2.06. The molecule has 0 amide bonds. The third-order valence-electron chi connectivity index (χ3n) is 4.08. The molecule has 3 aromatic carbocycles. The van der Waals surface area contributed by atoms with Gasteiger partial charge in [0.15, 0.2) is 5.78 Å². The maximum atomic E-state index is 12.9. The third kappa shape index (κ3) is 4.57. The molecular weight excluding hydrogens is 352 g/mol. The molecular formula is C23H20N2O3. The van der Waals surface area contributed by atoms with Gasteiger partial charge in [-0.15, -0.1) is 5.11 Å². The van der Waals surface area contributed by atoms with E-state index in [9.17, 15) is 9.59 Å². The number of hydrogen-bond donors (Lipinski definition) is 0. The van der Waals surface area contributed by atoms with Gasteiger partial charge in [0.2, 0.25) is 0 Å². The molecule has 140 valence electrons. The van der Waals surface area contributed by atoms with Gasteiger partial charge in [-0.2, -0.15) is 5.11 Å². The van der Waals surface area contributed by atoms with E-state index in [1.54, 1.807) is 49.4 Å². The minimum Gasteiger partial charge on any atom is -0.462 e. The molecule has 0 atom stereocenters. The zero-order valence-corrected chi connectivity index (χ0v) is 15.8. The molecule has 0 aliphatic heterocycles. The molecule has 0 radical (unpaired) electrons. The molecule has 5 heteroatoms. The number of esters is 1. The monoisotopic (exact) mass is 372 g/mol.